The van der Waals surface area contributed by atoms with Crippen molar-refractivity contribution >= 4 is 11.7 Å². The van der Waals surface area contributed by atoms with Gasteiger partial charge in [0.05, 0.1) is 0 Å². The number of aromatic nitrogens is 7. The van der Waals surface area contributed by atoms with Crippen molar-refractivity contribution in [3.63, 3.8) is 0 Å². The average Bonchev–Trinajstić information content (AvgIpc) is 3.22. The molecule has 0 radical (unpaired) electrons. The number of benzene rings is 1. The highest BCUT2D eigenvalue weighted by molar-refractivity contribution is 5.90. The molecule has 0 saturated heterocycles. The quantitative estimate of drug-likeness (QED) is 0.651. The van der Waals surface area contributed by atoms with E-state index in [-0.39, 0.29) is 12.1 Å². The summed E-state index contributed by atoms with van der Waals surface area (Å²) >= 11 is 0. The van der Waals surface area contributed by atoms with Crippen molar-refractivity contribution in [2.45, 2.75) is 38.8 Å². The molecule has 0 saturated carbocycles. The number of anilines is 1. The third kappa shape index (κ3) is 3.53. The monoisotopic (exact) mass is 353 g/mol. The summed E-state index contributed by atoms with van der Waals surface area (Å²) in [5.41, 5.74) is 1.53. The molecule has 1 atom stereocenters. The van der Waals surface area contributed by atoms with Gasteiger partial charge in [0.2, 0.25) is 0 Å². The second-order valence-electron chi connectivity index (χ2n) is 6.27. The van der Waals surface area contributed by atoms with Gasteiger partial charge in [0, 0.05) is 30.3 Å². The molecule has 134 valence electrons. The summed E-state index contributed by atoms with van der Waals surface area (Å²) in [6.45, 7) is 2.55. The topological polar surface area (TPSA) is 126 Å². The number of aromatic amines is 1. The number of H-pyrrole nitrogens is 1. The van der Waals surface area contributed by atoms with E-state index in [1.807, 2.05) is 31.2 Å². The van der Waals surface area contributed by atoms with Crippen LogP contribution in [-0.4, -0.2) is 47.5 Å². The number of hydrogen-bond donors (Lipinski definition) is 3. The number of rotatable bonds is 3. The fraction of sp³-hybridized carbons (Fsp3) is 0.375. The maximum Gasteiger partial charge on any atom is 0.319 e. The van der Waals surface area contributed by atoms with E-state index in [1.54, 1.807) is 4.68 Å². The zero-order chi connectivity index (χ0) is 17.9. The van der Waals surface area contributed by atoms with Crippen molar-refractivity contribution in [1.82, 2.24) is 40.7 Å². The first-order valence-electron chi connectivity index (χ1n) is 8.49. The Morgan fingerprint density at radius 3 is 3.12 bits per heavy atom. The summed E-state index contributed by atoms with van der Waals surface area (Å²) in [4.78, 5) is 16.7. The molecular formula is C16H19N9O. The molecule has 0 aliphatic carbocycles. The molecule has 3 aromatic rings. The lowest BCUT2D eigenvalue weighted by Gasteiger charge is -2.16. The molecule has 4 rings (SSSR count). The Morgan fingerprint density at radius 1 is 1.35 bits per heavy atom. The molecule has 10 heteroatoms. The van der Waals surface area contributed by atoms with Gasteiger partial charge in [0.25, 0.3) is 0 Å². The molecule has 1 aliphatic rings. The highest BCUT2D eigenvalue weighted by Crippen LogP contribution is 2.19. The number of carbonyl (C=O) groups excluding carboxylic acids is 1. The number of aryl methyl sites for hydroxylation is 3. The number of nitrogens with one attached hydrogen (secondary N) is 3. The minimum absolute atomic E-state index is 0.0670. The van der Waals surface area contributed by atoms with E-state index in [1.165, 1.54) is 0 Å². The molecule has 0 spiro atoms. The van der Waals surface area contributed by atoms with Crippen LogP contribution in [0.25, 0.3) is 11.4 Å². The molecule has 1 unspecified atom stereocenters. The van der Waals surface area contributed by atoms with Crippen LogP contribution < -0.4 is 10.6 Å². The lowest BCUT2D eigenvalue weighted by atomic mass is 10.1. The van der Waals surface area contributed by atoms with Gasteiger partial charge in [0.1, 0.15) is 5.82 Å². The molecule has 3 N–H and O–H groups in total. The van der Waals surface area contributed by atoms with Gasteiger partial charge < -0.3 is 10.6 Å². The van der Waals surface area contributed by atoms with Crippen LogP contribution in [0, 0.1) is 6.92 Å². The zero-order valence-electron chi connectivity index (χ0n) is 14.3. The van der Waals surface area contributed by atoms with Crippen molar-refractivity contribution in [3.8, 4) is 11.4 Å². The van der Waals surface area contributed by atoms with Crippen molar-refractivity contribution in [1.29, 1.82) is 0 Å². The van der Waals surface area contributed by atoms with E-state index in [2.05, 4.69) is 41.3 Å². The lowest BCUT2D eigenvalue weighted by Crippen LogP contribution is -2.38. The Bertz CT molecular complexity index is 893. The van der Waals surface area contributed by atoms with Gasteiger partial charge in [-0.15, -0.1) is 5.10 Å². The standard InChI is InChI=1S/C16H19N9O/c1-10-17-15(22-20-10)11-3-2-4-13(9-11)19-16(26)18-12-5-6-14-21-23-24-25(14)8-7-12/h2-4,9,12H,5-8H2,1H3,(H,17,20,22)(H2,18,19,26). The Hall–Kier alpha value is -3.30. The third-order valence-corrected chi connectivity index (χ3v) is 4.32. The molecule has 2 amide bonds. The van der Waals surface area contributed by atoms with E-state index in [0.717, 1.165) is 36.5 Å². The summed E-state index contributed by atoms with van der Waals surface area (Å²) in [5, 5.41) is 24.5. The van der Waals surface area contributed by atoms with Gasteiger partial charge in [-0.25, -0.2) is 14.5 Å². The van der Waals surface area contributed by atoms with Gasteiger partial charge in [-0.2, -0.15) is 5.10 Å². The van der Waals surface area contributed by atoms with Crippen LogP contribution in [0.4, 0.5) is 10.5 Å². The summed E-state index contributed by atoms with van der Waals surface area (Å²) < 4.78 is 1.79. The Labute approximate surface area is 149 Å². The van der Waals surface area contributed by atoms with Gasteiger partial charge in [-0.1, -0.05) is 12.1 Å². The van der Waals surface area contributed by atoms with Crippen LogP contribution in [-0.2, 0) is 13.0 Å². The summed E-state index contributed by atoms with van der Waals surface area (Å²) in [6, 6.07) is 7.28. The fourth-order valence-corrected chi connectivity index (χ4v) is 3.01. The van der Waals surface area contributed by atoms with Crippen LogP contribution in [0.3, 0.4) is 0 Å². The first-order chi connectivity index (χ1) is 12.7. The van der Waals surface area contributed by atoms with Crippen molar-refractivity contribution < 1.29 is 4.79 Å². The van der Waals surface area contributed by atoms with Gasteiger partial charge in [-0.05, 0) is 42.3 Å². The van der Waals surface area contributed by atoms with Gasteiger partial charge >= 0.3 is 6.03 Å². The first-order valence-corrected chi connectivity index (χ1v) is 8.49. The third-order valence-electron chi connectivity index (χ3n) is 4.32. The minimum Gasteiger partial charge on any atom is -0.335 e. The molecule has 1 aliphatic heterocycles. The largest absolute Gasteiger partial charge is 0.335 e. The van der Waals surface area contributed by atoms with Gasteiger partial charge in [0.15, 0.2) is 11.6 Å². The summed E-state index contributed by atoms with van der Waals surface area (Å²) in [6.07, 6.45) is 2.35. The molecule has 2 aromatic heterocycles. The van der Waals surface area contributed by atoms with Crippen molar-refractivity contribution in [2.24, 2.45) is 0 Å². The van der Waals surface area contributed by atoms with E-state index >= 15 is 0 Å². The molecule has 1 aromatic carbocycles. The Balaban J connectivity index is 1.37. The second kappa shape index (κ2) is 6.90. The molecule has 0 bridgehead atoms. The van der Waals surface area contributed by atoms with Crippen LogP contribution in [0.15, 0.2) is 24.3 Å². The lowest BCUT2D eigenvalue weighted by molar-refractivity contribution is 0.246. The highest BCUT2D eigenvalue weighted by Gasteiger charge is 2.19. The van der Waals surface area contributed by atoms with E-state index in [9.17, 15) is 4.79 Å². The zero-order valence-corrected chi connectivity index (χ0v) is 14.3. The predicted octanol–water partition coefficient (Wildman–Crippen LogP) is 1.29. The normalized spacial score (nSPS) is 16.6. The molecule has 10 nitrogen and oxygen atoms in total. The van der Waals surface area contributed by atoms with Crippen LogP contribution in [0.5, 0.6) is 0 Å². The number of hydrogen-bond acceptors (Lipinski definition) is 6. The van der Waals surface area contributed by atoms with Crippen molar-refractivity contribution in [3.05, 3.63) is 35.9 Å². The molecule has 26 heavy (non-hydrogen) atoms. The minimum atomic E-state index is -0.232. The van der Waals surface area contributed by atoms with E-state index in [0.29, 0.717) is 18.1 Å². The number of nitrogens with zero attached hydrogens (tertiary/aromatic N) is 6. The number of carbonyl (C=O) groups is 1. The molecule has 3 heterocycles. The number of fused-ring (bicyclic) bond motifs is 1. The predicted molar refractivity (Wildman–Crippen MR) is 93.3 cm³/mol. The first kappa shape index (κ1) is 16.2. The van der Waals surface area contributed by atoms with Crippen LogP contribution in [0.1, 0.15) is 24.5 Å². The Kier molecular flexibility index (Phi) is 4.30. The number of amides is 2. The SMILES string of the molecule is Cc1nc(-c2cccc(NC(=O)NC3CCc4nnnn4CC3)c2)n[nH]1. The second-order valence-corrected chi connectivity index (χ2v) is 6.27. The van der Waals surface area contributed by atoms with Crippen LogP contribution in [0.2, 0.25) is 0 Å². The fourth-order valence-electron chi connectivity index (χ4n) is 3.01. The summed E-state index contributed by atoms with van der Waals surface area (Å²) in [5.74, 6) is 2.21. The number of urea groups is 1. The smallest absolute Gasteiger partial charge is 0.319 e. The van der Waals surface area contributed by atoms with Crippen molar-refractivity contribution in [2.75, 3.05) is 5.32 Å². The Morgan fingerprint density at radius 2 is 2.27 bits per heavy atom. The van der Waals surface area contributed by atoms with Crippen LogP contribution >= 0.6 is 0 Å². The number of tetrazole rings is 1. The highest BCUT2D eigenvalue weighted by atomic mass is 16.2. The maximum atomic E-state index is 12.3. The summed E-state index contributed by atoms with van der Waals surface area (Å²) in [7, 11) is 0. The van der Waals surface area contributed by atoms with E-state index < -0.39 is 0 Å². The maximum absolute atomic E-state index is 12.3. The molecular weight excluding hydrogens is 334 g/mol. The van der Waals surface area contributed by atoms with Gasteiger partial charge in [-0.3, -0.25) is 5.10 Å². The average molecular weight is 353 g/mol. The molecule has 0 fully saturated rings. The van der Waals surface area contributed by atoms with E-state index in [4.69, 9.17) is 0 Å².